The summed E-state index contributed by atoms with van der Waals surface area (Å²) in [6, 6.07) is 1.33. The zero-order valence-corrected chi connectivity index (χ0v) is 10.1. The molecular weight excluding hydrogens is 250 g/mol. The first-order valence-corrected chi connectivity index (χ1v) is 5.69. The maximum Gasteiger partial charge on any atom is 0.339 e. The normalized spacial score (nSPS) is 10.3. The first kappa shape index (κ1) is 12.9. The van der Waals surface area contributed by atoms with Gasteiger partial charge in [0.05, 0.1) is 19.0 Å². The second kappa shape index (κ2) is 5.85. The van der Waals surface area contributed by atoms with Gasteiger partial charge in [-0.3, -0.25) is 4.79 Å². The van der Waals surface area contributed by atoms with E-state index in [2.05, 4.69) is 10.3 Å². The number of furan rings is 1. The largest absolute Gasteiger partial charge is 0.478 e. The Bertz CT molecular complexity index is 559. The maximum atomic E-state index is 11.6. The van der Waals surface area contributed by atoms with Gasteiger partial charge in [-0.2, -0.15) is 0 Å². The number of carbonyl (C=O) groups is 2. The minimum atomic E-state index is -1.10. The van der Waals surface area contributed by atoms with E-state index in [-0.39, 0.29) is 23.7 Å². The average Bonchev–Trinajstić information content (AvgIpc) is 2.99. The second-order valence-electron chi connectivity index (χ2n) is 3.89. The standard InChI is InChI=1S/C12H13N3O4/c16-11(14-3-5-15-4-2-13-8-15)7-10-9(12(17)18)1-6-19-10/h1-2,4,6,8H,3,5,7H2,(H,14,16)(H,17,18). The predicted molar refractivity (Wildman–Crippen MR) is 64.6 cm³/mol. The molecule has 7 heteroatoms. The summed E-state index contributed by atoms with van der Waals surface area (Å²) in [7, 11) is 0. The third-order valence-electron chi connectivity index (χ3n) is 2.55. The summed E-state index contributed by atoms with van der Waals surface area (Å²) < 4.78 is 6.82. The first-order valence-electron chi connectivity index (χ1n) is 5.69. The Kier molecular flexibility index (Phi) is 3.97. The van der Waals surface area contributed by atoms with Gasteiger partial charge in [0.1, 0.15) is 11.3 Å². The summed E-state index contributed by atoms with van der Waals surface area (Å²) in [6.07, 6.45) is 6.28. The molecule has 100 valence electrons. The number of aromatic carboxylic acids is 1. The lowest BCUT2D eigenvalue weighted by Gasteiger charge is -2.05. The van der Waals surface area contributed by atoms with Crippen LogP contribution in [0, 0.1) is 0 Å². The third kappa shape index (κ3) is 3.44. The Morgan fingerprint density at radius 3 is 3.00 bits per heavy atom. The second-order valence-corrected chi connectivity index (χ2v) is 3.89. The van der Waals surface area contributed by atoms with Gasteiger partial charge in [0, 0.05) is 25.5 Å². The van der Waals surface area contributed by atoms with E-state index in [0.717, 1.165) is 0 Å². The van der Waals surface area contributed by atoms with Crippen molar-refractivity contribution in [1.82, 2.24) is 14.9 Å². The molecule has 2 aromatic heterocycles. The molecule has 0 atom stereocenters. The number of imidazole rings is 1. The Hall–Kier alpha value is -2.57. The minimum absolute atomic E-state index is 0.0183. The molecule has 0 radical (unpaired) electrons. The smallest absolute Gasteiger partial charge is 0.339 e. The highest BCUT2D eigenvalue weighted by molar-refractivity contribution is 5.90. The SMILES string of the molecule is O=C(Cc1occc1C(=O)O)NCCn1ccnc1. The first-order chi connectivity index (χ1) is 9.16. The highest BCUT2D eigenvalue weighted by Gasteiger charge is 2.16. The number of nitrogens with one attached hydrogen (secondary N) is 1. The summed E-state index contributed by atoms with van der Waals surface area (Å²) in [5, 5.41) is 11.6. The molecule has 19 heavy (non-hydrogen) atoms. The number of hydrogen-bond donors (Lipinski definition) is 2. The number of carbonyl (C=O) groups excluding carboxylic acids is 1. The lowest BCUT2D eigenvalue weighted by Crippen LogP contribution is -2.28. The van der Waals surface area contributed by atoms with Crippen LogP contribution in [-0.4, -0.2) is 33.1 Å². The number of aromatic nitrogens is 2. The van der Waals surface area contributed by atoms with E-state index in [1.165, 1.54) is 12.3 Å². The van der Waals surface area contributed by atoms with Gasteiger partial charge in [0.15, 0.2) is 0 Å². The molecule has 1 amide bonds. The lowest BCUT2D eigenvalue weighted by atomic mass is 10.2. The number of nitrogens with zero attached hydrogens (tertiary/aromatic N) is 2. The Balaban J connectivity index is 1.81. The van der Waals surface area contributed by atoms with Crippen LogP contribution in [0.15, 0.2) is 35.5 Å². The quantitative estimate of drug-likeness (QED) is 0.792. The molecule has 0 saturated carbocycles. The van der Waals surface area contributed by atoms with Gasteiger partial charge in [0.25, 0.3) is 0 Å². The zero-order chi connectivity index (χ0) is 13.7. The van der Waals surface area contributed by atoms with Crippen molar-refractivity contribution in [2.45, 2.75) is 13.0 Å². The van der Waals surface area contributed by atoms with Crippen LogP contribution in [0.25, 0.3) is 0 Å². The number of hydrogen-bond acceptors (Lipinski definition) is 4. The molecule has 2 heterocycles. The predicted octanol–water partition coefficient (Wildman–Crippen LogP) is 0.533. The number of amides is 1. The Morgan fingerprint density at radius 2 is 2.32 bits per heavy atom. The number of carboxylic acid groups (broad SMARTS) is 1. The zero-order valence-electron chi connectivity index (χ0n) is 10.1. The van der Waals surface area contributed by atoms with E-state index >= 15 is 0 Å². The van der Waals surface area contributed by atoms with Crippen molar-refractivity contribution >= 4 is 11.9 Å². The molecular formula is C12H13N3O4. The molecule has 0 fully saturated rings. The van der Waals surface area contributed by atoms with Crippen LogP contribution < -0.4 is 5.32 Å². The van der Waals surface area contributed by atoms with E-state index in [1.807, 2.05) is 4.57 Å². The Labute approximate surface area is 108 Å². The van der Waals surface area contributed by atoms with Crippen LogP contribution >= 0.6 is 0 Å². The molecule has 0 unspecified atom stereocenters. The van der Waals surface area contributed by atoms with Crippen molar-refractivity contribution in [2.75, 3.05) is 6.54 Å². The molecule has 7 nitrogen and oxygen atoms in total. The summed E-state index contributed by atoms with van der Waals surface area (Å²) >= 11 is 0. The maximum absolute atomic E-state index is 11.6. The summed E-state index contributed by atoms with van der Waals surface area (Å²) in [6.45, 7) is 1.05. The summed E-state index contributed by atoms with van der Waals surface area (Å²) in [5.74, 6) is -1.22. The molecule has 2 N–H and O–H groups in total. The van der Waals surface area contributed by atoms with Crippen molar-refractivity contribution in [3.05, 3.63) is 42.4 Å². The molecule has 0 aromatic carbocycles. The molecule has 2 aromatic rings. The van der Waals surface area contributed by atoms with Gasteiger partial charge < -0.3 is 19.4 Å². The van der Waals surface area contributed by atoms with Gasteiger partial charge in [-0.05, 0) is 6.07 Å². The topological polar surface area (TPSA) is 97.4 Å². The third-order valence-corrected chi connectivity index (χ3v) is 2.55. The summed E-state index contributed by atoms with van der Waals surface area (Å²) in [4.78, 5) is 26.3. The molecule has 0 saturated heterocycles. The van der Waals surface area contributed by atoms with Crippen molar-refractivity contribution in [3.8, 4) is 0 Å². The average molecular weight is 263 g/mol. The van der Waals surface area contributed by atoms with Crippen LogP contribution in [0.1, 0.15) is 16.1 Å². The van der Waals surface area contributed by atoms with Gasteiger partial charge in [-0.1, -0.05) is 0 Å². The van der Waals surface area contributed by atoms with Gasteiger partial charge >= 0.3 is 5.97 Å². The van der Waals surface area contributed by atoms with E-state index in [9.17, 15) is 9.59 Å². The van der Waals surface area contributed by atoms with Gasteiger partial charge in [-0.25, -0.2) is 9.78 Å². The van der Waals surface area contributed by atoms with Gasteiger partial charge in [-0.15, -0.1) is 0 Å². The van der Waals surface area contributed by atoms with Crippen LogP contribution in [-0.2, 0) is 17.8 Å². The van der Waals surface area contributed by atoms with Crippen molar-refractivity contribution in [2.24, 2.45) is 0 Å². The van der Waals surface area contributed by atoms with Crippen molar-refractivity contribution in [1.29, 1.82) is 0 Å². The van der Waals surface area contributed by atoms with Crippen LogP contribution in [0.5, 0.6) is 0 Å². The van der Waals surface area contributed by atoms with E-state index in [4.69, 9.17) is 9.52 Å². The molecule has 0 aliphatic rings. The van der Waals surface area contributed by atoms with Crippen molar-refractivity contribution < 1.29 is 19.1 Å². The molecule has 0 aliphatic heterocycles. The van der Waals surface area contributed by atoms with Gasteiger partial charge in [0.2, 0.25) is 5.91 Å². The van der Waals surface area contributed by atoms with E-state index in [0.29, 0.717) is 13.1 Å². The van der Waals surface area contributed by atoms with Crippen LogP contribution in [0.3, 0.4) is 0 Å². The van der Waals surface area contributed by atoms with E-state index in [1.54, 1.807) is 18.7 Å². The van der Waals surface area contributed by atoms with Crippen molar-refractivity contribution in [3.63, 3.8) is 0 Å². The number of rotatable bonds is 6. The molecule has 0 bridgehead atoms. The highest BCUT2D eigenvalue weighted by Crippen LogP contribution is 2.11. The highest BCUT2D eigenvalue weighted by atomic mass is 16.4. The minimum Gasteiger partial charge on any atom is -0.478 e. The Morgan fingerprint density at radius 1 is 1.47 bits per heavy atom. The lowest BCUT2D eigenvalue weighted by molar-refractivity contribution is -0.120. The van der Waals surface area contributed by atoms with Crippen LogP contribution in [0.4, 0.5) is 0 Å². The fraction of sp³-hybridized carbons (Fsp3) is 0.250. The molecule has 2 rings (SSSR count). The molecule has 0 aliphatic carbocycles. The van der Waals surface area contributed by atoms with E-state index < -0.39 is 5.97 Å². The van der Waals surface area contributed by atoms with Crippen LogP contribution in [0.2, 0.25) is 0 Å². The fourth-order valence-corrected chi connectivity index (χ4v) is 1.62. The molecule has 0 spiro atoms. The fourth-order valence-electron chi connectivity index (χ4n) is 1.62. The summed E-state index contributed by atoms with van der Waals surface area (Å²) in [5.41, 5.74) is 0.0183. The number of carboxylic acids is 1. The monoisotopic (exact) mass is 263 g/mol.